The van der Waals surface area contributed by atoms with E-state index in [1.54, 1.807) is 13.0 Å². The summed E-state index contributed by atoms with van der Waals surface area (Å²) in [4.78, 5) is 11.6. The molecular formula is C15H13BrFNO2. The monoisotopic (exact) mass is 337 g/mol. The molecule has 0 saturated carbocycles. The fourth-order valence-electron chi connectivity index (χ4n) is 1.61. The zero-order chi connectivity index (χ0) is 14.5. The van der Waals surface area contributed by atoms with Crippen LogP contribution in [0.1, 0.15) is 11.1 Å². The minimum atomic E-state index is -0.691. The number of nitrogens with one attached hydrogen (secondary N) is 1. The summed E-state index contributed by atoms with van der Waals surface area (Å²) in [5.74, 6) is -0.512. The van der Waals surface area contributed by atoms with Crippen molar-refractivity contribution in [2.24, 2.45) is 0 Å². The van der Waals surface area contributed by atoms with Crippen LogP contribution in [0.15, 0.2) is 46.9 Å². The van der Waals surface area contributed by atoms with Crippen LogP contribution in [0.5, 0.6) is 0 Å². The summed E-state index contributed by atoms with van der Waals surface area (Å²) in [6.07, 6.45) is -0.691. The molecule has 0 unspecified atom stereocenters. The molecule has 0 atom stereocenters. The number of hydrogen-bond donors (Lipinski definition) is 1. The highest BCUT2D eigenvalue weighted by Crippen LogP contribution is 2.26. The van der Waals surface area contributed by atoms with Crippen molar-refractivity contribution in [2.75, 3.05) is 5.32 Å². The molecule has 0 fully saturated rings. The molecule has 0 heterocycles. The molecule has 2 aromatic rings. The molecule has 20 heavy (non-hydrogen) atoms. The lowest BCUT2D eigenvalue weighted by atomic mass is 10.2. The van der Waals surface area contributed by atoms with Crippen molar-refractivity contribution in [3.63, 3.8) is 0 Å². The lowest BCUT2D eigenvalue weighted by molar-refractivity contribution is 0.155. The number of amides is 1. The minimum Gasteiger partial charge on any atom is -0.444 e. The van der Waals surface area contributed by atoms with E-state index in [1.165, 1.54) is 6.07 Å². The van der Waals surface area contributed by atoms with Gasteiger partial charge in [-0.05, 0) is 40.0 Å². The van der Waals surface area contributed by atoms with E-state index >= 15 is 0 Å². The zero-order valence-electron chi connectivity index (χ0n) is 10.8. The predicted molar refractivity (Wildman–Crippen MR) is 79.1 cm³/mol. The van der Waals surface area contributed by atoms with Crippen LogP contribution in [-0.4, -0.2) is 6.09 Å². The summed E-state index contributed by atoms with van der Waals surface area (Å²) >= 11 is 3.13. The van der Waals surface area contributed by atoms with Crippen LogP contribution in [-0.2, 0) is 11.3 Å². The molecule has 0 aliphatic rings. The van der Waals surface area contributed by atoms with Crippen LogP contribution >= 0.6 is 15.9 Å². The standard InChI is InChI=1S/C15H13BrFNO2/c1-10-7-8-12(14(17)13(10)16)18-15(19)20-9-11-5-3-2-4-6-11/h2-8H,9H2,1H3,(H,18,19). The van der Waals surface area contributed by atoms with Crippen LogP contribution in [0.25, 0.3) is 0 Å². The molecule has 3 nitrogen and oxygen atoms in total. The molecule has 0 radical (unpaired) electrons. The minimum absolute atomic E-state index is 0.0838. The molecule has 1 N–H and O–H groups in total. The first-order chi connectivity index (χ1) is 9.58. The Morgan fingerprint density at radius 3 is 2.65 bits per heavy atom. The molecule has 0 aliphatic carbocycles. The Balaban J connectivity index is 1.97. The van der Waals surface area contributed by atoms with E-state index in [4.69, 9.17) is 4.74 Å². The quantitative estimate of drug-likeness (QED) is 0.885. The van der Waals surface area contributed by atoms with Gasteiger partial charge in [-0.1, -0.05) is 36.4 Å². The fraction of sp³-hybridized carbons (Fsp3) is 0.133. The SMILES string of the molecule is Cc1ccc(NC(=O)OCc2ccccc2)c(F)c1Br. The van der Waals surface area contributed by atoms with Crippen LogP contribution < -0.4 is 5.32 Å². The maximum Gasteiger partial charge on any atom is 0.412 e. The smallest absolute Gasteiger partial charge is 0.412 e. The molecule has 1 amide bonds. The van der Waals surface area contributed by atoms with Crippen LogP contribution in [0.3, 0.4) is 0 Å². The van der Waals surface area contributed by atoms with Gasteiger partial charge in [-0.25, -0.2) is 9.18 Å². The van der Waals surface area contributed by atoms with Gasteiger partial charge in [0.15, 0.2) is 5.82 Å². The Hall–Kier alpha value is -1.88. The first kappa shape index (κ1) is 14.5. The van der Waals surface area contributed by atoms with Gasteiger partial charge in [0.05, 0.1) is 10.2 Å². The highest BCUT2D eigenvalue weighted by molar-refractivity contribution is 9.10. The predicted octanol–water partition coefficient (Wildman–Crippen LogP) is 4.65. The lowest BCUT2D eigenvalue weighted by Crippen LogP contribution is -2.14. The Morgan fingerprint density at radius 2 is 1.95 bits per heavy atom. The number of anilines is 1. The van der Waals surface area contributed by atoms with Gasteiger partial charge in [0.2, 0.25) is 0 Å². The van der Waals surface area contributed by atoms with E-state index in [0.29, 0.717) is 4.47 Å². The van der Waals surface area contributed by atoms with E-state index in [0.717, 1.165) is 11.1 Å². The third-order valence-electron chi connectivity index (χ3n) is 2.72. The largest absolute Gasteiger partial charge is 0.444 e. The van der Waals surface area contributed by atoms with E-state index in [1.807, 2.05) is 30.3 Å². The van der Waals surface area contributed by atoms with Crippen molar-refractivity contribution < 1.29 is 13.9 Å². The second-order valence-corrected chi connectivity index (χ2v) is 5.04. The number of carbonyl (C=O) groups excluding carboxylic acids is 1. The number of rotatable bonds is 3. The van der Waals surface area contributed by atoms with E-state index < -0.39 is 11.9 Å². The Kier molecular flexibility index (Phi) is 4.74. The maximum absolute atomic E-state index is 13.9. The van der Waals surface area contributed by atoms with Gasteiger partial charge in [0.1, 0.15) is 6.61 Å². The van der Waals surface area contributed by atoms with Gasteiger partial charge in [-0.3, -0.25) is 5.32 Å². The number of benzene rings is 2. The van der Waals surface area contributed by atoms with E-state index in [2.05, 4.69) is 21.2 Å². The molecule has 2 aromatic carbocycles. The normalized spacial score (nSPS) is 10.2. The van der Waals surface area contributed by atoms with Gasteiger partial charge in [-0.2, -0.15) is 0 Å². The van der Waals surface area contributed by atoms with Crippen molar-refractivity contribution in [2.45, 2.75) is 13.5 Å². The summed E-state index contributed by atoms with van der Waals surface area (Å²) in [5, 5.41) is 2.38. The van der Waals surface area contributed by atoms with Gasteiger partial charge >= 0.3 is 6.09 Å². The van der Waals surface area contributed by atoms with Crippen molar-refractivity contribution in [1.82, 2.24) is 0 Å². The molecule has 0 saturated heterocycles. The second-order valence-electron chi connectivity index (χ2n) is 4.24. The topological polar surface area (TPSA) is 38.3 Å². The van der Waals surface area contributed by atoms with Crippen LogP contribution in [0.2, 0.25) is 0 Å². The number of ether oxygens (including phenoxy) is 1. The molecule has 5 heteroatoms. The molecule has 104 valence electrons. The molecule has 0 aliphatic heterocycles. The third kappa shape index (κ3) is 3.57. The molecule has 2 rings (SSSR count). The summed E-state index contributed by atoms with van der Waals surface area (Å²) in [6, 6.07) is 12.5. The van der Waals surface area contributed by atoms with Gasteiger partial charge in [0, 0.05) is 0 Å². The highest BCUT2D eigenvalue weighted by Gasteiger charge is 2.12. The number of aryl methyl sites for hydroxylation is 1. The van der Waals surface area contributed by atoms with Crippen molar-refractivity contribution >= 4 is 27.7 Å². The summed E-state index contributed by atoms with van der Waals surface area (Å²) < 4.78 is 19.2. The first-order valence-electron chi connectivity index (χ1n) is 6.00. The van der Waals surface area contributed by atoms with Crippen molar-refractivity contribution in [3.05, 3.63) is 63.9 Å². The molecule has 0 aromatic heterocycles. The average Bonchev–Trinajstić information content (AvgIpc) is 2.47. The number of hydrogen-bond acceptors (Lipinski definition) is 2. The third-order valence-corrected chi connectivity index (χ3v) is 3.70. The number of halogens is 2. The molecule has 0 spiro atoms. The van der Waals surface area contributed by atoms with Crippen LogP contribution in [0, 0.1) is 12.7 Å². The summed E-state index contributed by atoms with van der Waals surface area (Å²) in [5.41, 5.74) is 1.71. The van der Waals surface area contributed by atoms with E-state index in [9.17, 15) is 9.18 Å². The lowest BCUT2D eigenvalue weighted by Gasteiger charge is -2.09. The average molecular weight is 338 g/mol. The molecule has 0 bridgehead atoms. The summed E-state index contributed by atoms with van der Waals surface area (Å²) in [7, 11) is 0. The van der Waals surface area contributed by atoms with Gasteiger partial charge in [-0.15, -0.1) is 0 Å². The summed E-state index contributed by atoms with van der Waals surface area (Å²) in [6.45, 7) is 1.91. The Bertz CT molecular complexity index is 617. The van der Waals surface area contributed by atoms with Crippen LogP contribution in [0.4, 0.5) is 14.9 Å². The second kappa shape index (κ2) is 6.52. The fourth-order valence-corrected chi connectivity index (χ4v) is 1.96. The number of carbonyl (C=O) groups is 1. The van der Waals surface area contributed by atoms with Crippen molar-refractivity contribution in [1.29, 1.82) is 0 Å². The van der Waals surface area contributed by atoms with E-state index in [-0.39, 0.29) is 12.3 Å². The van der Waals surface area contributed by atoms with Gasteiger partial charge in [0.25, 0.3) is 0 Å². The zero-order valence-corrected chi connectivity index (χ0v) is 12.4. The molecular weight excluding hydrogens is 325 g/mol. The Morgan fingerprint density at radius 1 is 1.25 bits per heavy atom. The highest BCUT2D eigenvalue weighted by atomic mass is 79.9. The Labute approximate surface area is 124 Å². The maximum atomic E-state index is 13.9. The first-order valence-corrected chi connectivity index (χ1v) is 6.79. The van der Waals surface area contributed by atoms with Crippen molar-refractivity contribution in [3.8, 4) is 0 Å². The van der Waals surface area contributed by atoms with Gasteiger partial charge < -0.3 is 4.74 Å².